The fourth-order valence-electron chi connectivity index (χ4n) is 3.76. The number of ether oxygens (including phenoxy) is 1. The van der Waals surface area contributed by atoms with Crippen molar-refractivity contribution < 1.29 is 32.8 Å². The van der Waals surface area contributed by atoms with Crippen LogP contribution in [0.5, 0.6) is 5.75 Å². The molecule has 0 atom stereocenters. The summed E-state index contributed by atoms with van der Waals surface area (Å²) in [6.07, 6.45) is 4.95. The van der Waals surface area contributed by atoms with Gasteiger partial charge in [0.1, 0.15) is 16.2 Å². The van der Waals surface area contributed by atoms with E-state index in [4.69, 9.17) is 16.3 Å². The fraction of sp³-hybridized carbons (Fsp3) is 0.364. The first-order valence-electron chi connectivity index (χ1n) is 10.7. The summed E-state index contributed by atoms with van der Waals surface area (Å²) < 4.78 is 32.7. The van der Waals surface area contributed by atoms with Crippen LogP contribution in [0.25, 0.3) is 0 Å². The number of nitrogens with zero attached hydrogens (tertiary/aromatic N) is 2. The molecule has 35 heavy (non-hydrogen) atoms. The molecule has 2 aromatic carbocycles. The Morgan fingerprint density at radius 2 is 1.89 bits per heavy atom. The Labute approximate surface area is 206 Å². The van der Waals surface area contributed by atoms with Crippen LogP contribution in [-0.4, -0.2) is 54.9 Å². The summed E-state index contributed by atoms with van der Waals surface area (Å²) in [4.78, 5) is 36.2. The van der Waals surface area contributed by atoms with Crippen LogP contribution in [0.4, 0.5) is 11.4 Å². The maximum Gasteiger partial charge on any atom is 0.342 e. The van der Waals surface area contributed by atoms with Crippen molar-refractivity contribution in [2.24, 2.45) is 0 Å². The summed E-state index contributed by atoms with van der Waals surface area (Å²) in [5.41, 5.74) is -0.987. The number of aromatic hydroxyl groups is 1. The van der Waals surface area contributed by atoms with Gasteiger partial charge in [-0.15, -0.1) is 0 Å². The lowest BCUT2D eigenvalue weighted by atomic mass is 9.94. The number of sulfonamides is 1. The molecule has 0 heterocycles. The molecule has 11 nitrogen and oxygen atoms in total. The van der Waals surface area contributed by atoms with E-state index in [0.717, 1.165) is 62.4 Å². The molecular weight excluding hydrogens is 502 g/mol. The molecule has 2 aromatic rings. The number of phenols is 1. The molecule has 0 bridgehead atoms. The van der Waals surface area contributed by atoms with Gasteiger partial charge in [0.25, 0.3) is 21.6 Å². The zero-order valence-corrected chi connectivity index (χ0v) is 20.3. The van der Waals surface area contributed by atoms with Crippen molar-refractivity contribution in [1.82, 2.24) is 4.90 Å². The summed E-state index contributed by atoms with van der Waals surface area (Å²) in [5, 5.41) is 20.8. The number of esters is 1. The summed E-state index contributed by atoms with van der Waals surface area (Å²) >= 11 is 5.92. The van der Waals surface area contributed by atoms with E-state index in [0.29, 0.717) is 0 Å². The van der Waals surface area contributed by atoms with Crippen LogP contribution in [0.2, 0.25) is 5.02 Å². The quantitative estimate of drug-likeness (QED) is 0.228. The Morgan fingerprint density at radius 3 is 2.54 bits per heavy atom. The van der Waals surface area contributed by atoms with Crippen molar-refractivity contribution in [2.45, 2.75) is 43.0 Å². The SMILES string of the molecule is CN(C(=O)COC(=O)c1cc(NS(=O)(=O)c2cc([N+](=O)[O-])ccc2Cl)ccc1O)C1CCCCC1. The number of carbonyl (C=O) groups excluding carboxylic acids is 2. The lowest BCUT2D eigenvalue weighted by molar-refractivity contribution is -0.385. The highest BCUT2D eigenvalue weighted by Gasteiger charge is 2.25. The second-order valence-electron chi connectivity index (χ2n) is 8.08. The Hall–Kier alpha value is -3.38. The molecule has 0 radical (unpaired) electrons. The summed E-state index contributed by atoms with van der Waals surface area (Å²) in [7, 11) is -2.73. The lowest BCUT2D eigenvalue weighted by Gasteiger charge is -2.31. The van der Waals surface area contributed by atoms with Gasteiger partial charge in [0, 0.05) is 30.9 Å². The minimum atomic E-state index is -4.39. The van der Waals surface area contributed by atoms with Crippen molar-refractivity contribution in [3.63, 3.8) is 0 Å². The molecule has 188 valence electrons. The first-order chi connectivity index (χ1) is 16.5. The zero-order valence-electron chi connectivity index (χ0n) is 18.8. The molecule has 0 aliphatic heterocycles. The van der Waals surface area contributed by atoms with Crippen LogP contribution in [0.1, 0.15) is 42.5 Å². The van der Waals surface area contributed by atoms with E-state index in [1.165, 1.54) is 6.07 Å². The molecule has 1 aliphatic rings. The third-order valence-electron chi connectivity index (χ3n) is 5.73. The molecule has 1 aliphatic carbocycles. The smallest absolute Gasteiger partial charge is 0.342 e. The average Bonchev–Trinajstić information content (AvgIpc) is 2.83. The van der Waals surface area contributed by atoms with Crippen LogP contribution in [-0.2, 0) is 19.6 Å². The van der Waals surface area contributed by atoms with Crippen LogP contribution in [0, 0.1) is 10.1 Å². The zero-order chi connectivity index (χ0) is 25.8. The minimum Gasteiger partial charge on any atom is -0.507 e. The molecule has 1 fully saturated rings. The van der Waals surface area contributed by atoms with Gasteiger partial charge in [-0.1, -0.05) is 30.9 Å². The number of non-ortho nitro benzene ring substituents is 1. The standard InChI is InChI=1S/C22H24ClN3O8S/c1-25(15-5-3-2-4-6-15)21(28)13-34-22(29)17-11-14(7-10-19(17)27)24-35(32,33)20-12-16(26(30)31)8-9-18(20)23/h7-12,15,24,27H,2-6,13H2,1H3. The van der Waals surface area contributed by atoms with E-state index in [2.05, 4.69) is 4.72 Å². The van der Waals surface area contributed by atoms with E-state index in [1.807, 2.05) is 0 Å². The van der Waals surface area contributed by atoms with Gasteiger partial charge >= 0.3 is 5.97 Å². The maximum atomic E-state index is 12.8. The van der Waals surface area contributed by atoms with Crippen molar-refractivity contribution in [3.05, 3.63) is 57.1 Å². The van der Waals surface area contributed by atoms with Crippen LogP contribution < -0.4 is 4.72 Å². The third-order valence-corrected chi connectivity index (χ3v) is 7.59. The molecular formula is C22H24ClN3O8S. The molecule has 0 unspecified atom stereocenters. The number of benzene rings is 2. The number of hydrogen-bond acceptors (Lipinski definition) is 8. The molecule has 2 N–H and O–H groups in total. The number of carbonyl (C=O) groups is 2. The second-order valence-corrected chi connectivity index (χ2v) is 10.1. The molecule has 1 amide bonds. The predicted octanol–water partition coefficient (Wildman–Crippen LogP) is 3.70. The first-order valence-corrected chi connectivity index (χ1v) is 12.6. The number of nitrogens with one attached hydrogen (secondary N) is 1. The summed E-state index contributed by atoms with van der Waals surface area (Å²) in [6, 6.07) is 6.29. The van der Waals surface area contributed by atoms with Crippen molar-refractivity contribution in [3.8, 4) is 5.75 Å². The van der Waals surface area contributed by atoms with Gasteiger partial charge in [-0.25, -0.2) is 13.2 Å². The van der Waals surface area contributed by atoms with Crippen molar-refractivity contribution in [1.29, 1.82) is 0 Å². The van der Waals surface area contributed by atoms with E-state index in [9.17, 15) is 33.2 Å². The topological polar surface area (TPSA) is 156 Å². The highest BCUT2D eigenvalue weighted by Crippen LogP contribution is 2.29. The van der Waals surface area contributed by atoms with E-state index >= 15 is 0 Å². The number of nitro groups is 1. The van der Waals surface area contributed by atoms with Crippen molar-refractivity contribution in [2.75, 3.05) is 18.4 Å². The average molecular weight is 526 g/mol. The van der Waals surface area contributed by atoms with E-state index in [1.54, 1.807) is 11.9 Å². The number of anilines is 1. The highest BCUT2D eigenvalue weighted by atomic mass is 35.5. The second kappa shape index (κ2) is 10.9. The van der Waals surface area contributed by atoms with Crippen molar-refractivity contribution >= 4 is 44.9 Å². The number of hydrogen-bond donors (Lipinski definition) is 2. The fourth-order valence-corrected chi connectivity index (χ4v) is 5.33. The Kier molecular flexibility index (Phi) is 8.18. The lowest BCUT2D eigenvalue weighted by Crippen LogP contribution is -2.40. The number of nitro benzene ring substituents is 1. The largest absolute Gasteiger partial charge is 0.507 e. The van der Waals surface area contributed by atoms with Gasteiger partial charge in [0.05, 0.1) is 9.95 Å². The molecule has 3 rings (SSSR count). The molecule has 0 saturated heterocycles. The molecule has 0 spiro atoms. The molecule has 0 aromatic heterocycles. The Morgan fingerprint density at radius 1 is 1.20 bits per heavy atom. The number of phenolic OH excluding ortho intramolecular Hbond substituents is 1. The number of amides is 1. The van der Waals surface area contributed by atoms with Gasteiger partial charge in [0.15, 0.2) is 6.61 Å². The maximum absolute atomic E-state index is 12.8. The van der Waals surface area contributed by atoms with E-state index < -0.39 is 43.9 Å². The Bertz CT molecular complexity index is 1250. The van der Waals surface area contributed by atoms with Gasteiger partial charge < -0.3 is 14.7 Å². The monoisotopic (exact) mass is 525 g/mol. The van der Waals surface area contributed by atoms with Gasteiger partial charge in [0.2, 0.25) is 0 Å². The minimum absolute atomic E-state index is 0.0849. The number of halogens is 1. The van der Waals surface area contributed by atoms with Gasteiger partial charge in [-0.2, -0.15) is 0 Å². The van der Waals surface area contributed by atoms with Gasteiger partial charge in [-0.05, 0) is 37.1 Å². The van der Waals surface area contributed by atoms with Crippen LogP contribution >= 0.6 is 11.6 Å². The Balaban J connectivity index is 1.72. The van der Waals surface area contributed by atoms with Gasteiger partial charge in [-0.3, -0.25) is 19.6 Å². The highest BCUT2D eigenvalue weighted by molar-refractivity contribution is 7.92. The van der Waals surface area contributed by atoms with Crippen LogP contribution in [0.15, 0.2) is 41.3 Å². The molecule has 1 saturated carbocycles. The first kappa shape index (κ1) is 26.2. The third kappa shape index (κ3) is 6.40. The number of rotatable bonds is 8. The predicted molar refractivity (Wildman–Crippen MR) is 127 cm³/mol. The summed E-state index contributed by atoms with van der Waals surface area (Å²) in [6.45, 7) is -0.537. The number of likely N-dealkylation sites (N-methyl/N-ethyl adjacent to an activating group) is 1. The normalized spacial score (nSPS) is 14.2. The van der Waals surface area contributed by atoms with Crippen LogP contribution in [0.3, 0.4) is 0 Å². The van der Waals surface area contributed by atoms with E-state index in [-0.39, 0.29) is 28.2 Å². The molecule has 13 heteroatoms. The summed E-state index contributed by atoms with van der Waals surface area (Å²) in [5.74, 6) is -1.90.